The highest BCUT2D eigenvalue weighted by Crippen LogP contribution is 2.36. The van der Waals surface area contributed by atoms with Crippen LogP contribution in [0.5, 0.6) is 0 Å². The number of hydrogen-bond donors (Lipinski definition) is 2. The second-order valence-electron chi connectivity index (χ2n) is 6.59. The van der Waals surface area contributed by atoms with Crippen LogP contribution in [-0.4, -0.2) is 33.2 Å². The van der Waals surface area contributed by atoms with Crippen LogP contribution in [0.25, 0.3) is 0 Å². The number of carbonyl (C=O) groups excluding carboxylic acids is 2. The first kappa shape index (κ1) is 17.5. The SMILES string of the molecule is Cc1cnc(C(=O)N2CCCC2c2ccc(C(=O)NCc3ccoc3)s2)[nH]1. The van der Waals surface area contributed by atoms with E-state index in [9.17, 15) is 9.59 Å². The van der Waals surface area contributed by atoms with E-state index in [1.54, 1.807) is 18.7 Å². The molecule has 0 aliphatic carbocycles. The van der Waals surface area contributed by atoms with Gasteiger partial charge in [0, 0.05) is 35.4 Å². The summed E-state index contributed by atoms with van der Waals surface area (Å²) in [6.07, 6.45) is 6.68. The molecule has 0 radical (unpaired) electrons. The maximum Gasteiger partial charge on any atom is 0.290 e. The molecule has 1 aliphatic heterocycles. The van der Waals surface area contributed by atoms with E-state index in [0.29, 0.717) is 23.8 Å². The number of furan rings is 1. The number of aryl methyl sites for hydroxylation is 1. The van der Waals surface area contributed by atoms with Crippen LogP contribution in [-0.2, 0) is 6.54 Å². The first-order chi connectivity index (χ1) is 13.1. The minimum Gasteiger partial charge on any atom is -0.472 e. The van der Waals surface area contributed by atoms with E-state index in [1.807, 2.05) is 30.0 Å². The van der Waals surface area contributed by atoms with E-state index < -0.39 is 0 Å². The molecule has 27 heavy (non-hydrogen) atoms. The molecule has 0 bridgehead atoms. The number of hydrogen-bond acceptors (Lipinski definition) is 5. The molecule has 4 heterocycles. The van der Waals surface area contributed by atoms with Crippen LogP contribution in [0.3, 0.4) is 0 Å². The Kier molecular flexibility index (Phi) is 4.81. The van der Waals surface area contributed by atoms with Gasteiger partial charge in [0.15, 0.2) is 5.82 Å². The van der Waals surface area contributed by atoms with Crippen LogP contribution >= 0.6 is 11.3 Å². The van der Waals surface area contributed by atoms with Crippen molar-refractivity contribution < 1.29 is 14.0 Å². The number of nitrogens with one attached hydrogen (secondary N) is 2. The minimum atomic E-state index is -0.120. The summed E-state index contributed by atoms with van der Waals surface area (Å²) >= 11 is 1.44. The molecule has 4 rings (SSSR count). The smallest absolute Gasteiger partial charge is 0.290 e. The molecule has 2 N–H and O–H groups in total. The van der Waals surface area contributed by atoms with Crippen LogP contribution in [0.4, 0.5) is 0 Å². The second kappa shape index (κ2) is 7.40. The number of amides is 2. The maximum absolute atomic E-state index is 12.8. The number of aromatic amines is 1. The number of nitrogens with zero attached hydrogens (tertiary/aromatic N) is 2. The summed E-state index contributed by atoms with van der Waals surface area (Å²) in [5, 5.41) is 2.88. The maximum atomic E-state index is 12.8. The molecule has 1 aliphatic rings. The van der Waals surface area contributed by atoms with E-state index in [4.69, 9.17) is 4.42 Å². The molecule has 3 aromatic heterocycles. The Morgan fingerprint density at radius 2 is 2.30 bits per heavy atom. The second-order valence-corrected chi connectivity index (χ2v) is 7.70. The molecular formula is C19H20N4O3S. The Balaban J connectivity index is 1.45. The molecule has 1 saturated heterocycles. The highest BCUT2D eigenvalue weighted by molar-refractivity contribution is 7.14. The number of imidazole rings is 1. The van der Waals surface area contributed by atoms with Gasteiger partial charge < -0.3 is 19.6 Å². The van der Waals surface area contributed by atoms with Gasteiger partial charge in [0.2, 0.25) is 0 Å². The Bertz CT molecular complexity index is 944. The number of H-pyrrole nitrogens is 1. The zero-order valence-corrected chi connectivity index (χ0v) is 15.7. The largest absolute Gasteiger partial charge is 0.472 e. The van der Waals surface area contributed by atoms with E-state index in [1.165, 1.54) is 11.3 Å². The van der Waals surface area contributed by atoms with Crippen molar-refractivity contribution in [3.8, 4) is 0 Å². The predicted molar refractivity (Wildman–Crippen MR) is 101 cm³/mol. The molecule has 0 aromatic carbocycles. The van der Waals surface area contributed by atoms with Crippen molar-refractivity contribution in [3.63, 3.8) is 0 Å². The highest BCUT2D eigenvalue weighted by atomic mass is 32.1. The summed E-state index contributed by atoms with van der Waals surface area (Å²) in [6.45, 7) is 3.00. The lowest BCUT2D eigenvalue weighted by molar-refractivity contribution is 0.0726. The predicted octanol–water partition coefficient (Wildman–Crippen LogP) is 3.28. The molecule has 1 unspecified atom stereocenters. The number of thiophene rings is 1. The lowest BCUT2D eigenvalue weighted by Crippen LogP contribution is -2.31. The molecule has 3 aromatic rings. The van der Waals surface area contributed by atoms with Crippen molar-refractivity contribution >= 4 is 23.2 Å². The standard InChI is InChI=1S/C19H20N4O3S/c1-12-9-20-17(22-12)19(25)23-7-2-3-14(23)15-4-5-16(27-15)18(24)21-10-13-6-8-26-11-13/h4-6,8-9,11,14H,2-3,7,10H2,1H3,(H,20,22)(H,21,24). The average Bonchev–Trinajstić information content (AvgIpc) is 3.46. The summed E-state index contributed by atoms with van der Waals surface area (Å²) in [4.78, 5) is 35.8. The number of likely N-dealkylation sites (tertiary alicyclic amines) is 1. The monoisotopic (exact) mass is 384 g/mol. The van der Waals surface area contributed by atoms with Gasteiger partial charge in [0.25, 0.3) is 11.8 Å². The zero-order valence-electron chi connectivity index (χ0n) is 14.9. The Morgan fingerprint density at radius 3 is 3.04 bits per heavy atom. The van der Waals surface area contributed by atoms with Crippen LogP contribution in [0.2, 0.25) is 0 Å². The molecule has 140 valence electrons. The van der Waals surface area contributed by atoms with Crippen LogP contribution in [0.1, 0.15) is 55.3 Å². The molecule has 0 spiro atoms. The number of rotatable bonds is 5. The third-order valence-corrected chi connectivity index (χ3v) is 5.82. The van der Waals surface area contributed by atoms with Gasteiger partial charge in [-0.3, -0.25) is 9.59 Å². The van der Waals surface area contributed by atoms with Crippen molar-refractivity contribution in [2.75, 3.05) is 6.54 Å². The van der Waals surface area contributed by atoms with Gasteiger partial charge in [-0.2, -0.15) is 0 Å². The minimum absolute atomic E-state index is 0.0108. The lowest BCUT2D eigenvalue weighted by atomic mass is 10.2. The van der Waals surface area contributed by atoms with Gasteiger partial charge in [-0.1, -0.05) is 0 Å². The third kappa shape index (κ3) is 3.66. The molecular weight excluding hydrogens is 364 g/mol. The first-order valence-electron chi connectivity index (χ1n) is 8.83. The molecule has 1 fully saturated rings. The van der Waals surface area contributed by atoms with Crippen molar-refractivity contribution in [2.24, 2.45) is 0 Å². The van der Waals surface area contributed by atoms with E-state index in [2.05, 4.69) is 15.3 Å². The number of aromatic nitrogens is 2. The van der Waals surface area contributed by atoms with Gasteiger partial charge in [-0.15, -0.1) is 11.3 Å². The van der Waals surface area contributed by atoms with Crippen molar-refractivity contribution in [3.05, 3.63) is 63.8 Å². The van der Waals surface area contributed by atoms with Crippen LogP contribution in [0.15, 0.2) is 41.3 Å². The van der Waals surface area contributed by atoms with Crippen molar-refractivity contribution in [1.82, 2.24) is 20.2 Å². The normalized spacial score (nSPS) is 16.6. The van der Waals surface area contributed by atoms with E-state index in [0.717, 1.165) is 29.0 Å². The van der Waals surface area contributed by atoms with Gasteiger partial charge >= 0.3 is 0 Å². The Morgan fingerprint density at radius 1 is 1.41 bits per heavy atom. The van der Waals surface area contributed by atoms with Crippen LogP contribution in [0, 0.1) is 6.92 Å². The fourth-order valence-electron chi connectivity index (χ4n) is 3.28. The van der Waals surface area contributed by atoms with E-state index in [-0.39, 0.29) is 17.9 Å². The van der Waals surface area contributed by atoms with Crippen molar-refractivity contribution in [2.45, 2.75) is 32.4 Å². The van der Waals surface area contributed by atoms with Crippen LogP contribution < -0.4 is 5.32 Å². The average molecular weight is 384 g/mol. The molecule has 1 atom stereocenters. The summed E-state index contributed by atoms with van der Waals surface area (Å²) < 4.78 is 5.00. The quantitative estimate of drug-likeness (QED) is 0.706. The van der Waals surface area contributed by atoms with Gasteiger partial charge in [0.1, 0.15) is 0 Å². The Labute approximate surface area is 160 Å². The first-order valence-corrected chi connectivity index (χ1v) is 9.65. The number of carbonyl (C=O) groups is 2. The summed E-state index contributed by atoms with van der Waals surface area (Å²) in [5.41, 5.74) is 1.78. The molecule has 7 nitrogen and oxygen atoms in total. The summed E-state index contributed by atoms with van der Waals surface area (Å²) in [5.74, 6) is 0.156. The lowest BCUT2D eigenvalue weighted by Gasteiger charge is -2.22. The topological polar surface area (TPSA) is 91.2 Å². The zero-order chi connectivity index (χ0) is 18.8. The van der Waals surface area contributed by atoms with Gasteiger partial charge in [0.05, 0.1) is 23.4 Å². The Hall–Kier alpha value is -2.87. The van der Waals surface area contributed by atoms with Gasteiger partial charge in [-0.05, 0) is 38.0 Å². The fraction of sp³-hybridized carbons (Fsp3) is 0.316. The van der Waals surface area contributed by atoms with Gasteiger partial charge in [-0.25, -0.2) is 4.98 Å². The fourth-order valence-corrected chi connectivity index (χ4v) is 4.35. The molecule has 2 amide bonds. The summed E-state index contributed by atoms with van der Waals surface area (Å²) in [7, 11) is 0. The summed E-state index contributed by atoms with van der Waals surface area (Å²) in [6, 6.07) is 5.57. The third-order valence-electron chi connectivity index (χ3n) is 4.63. The van der Waals surface area contributed by atoms with E-state index >= 15 is 0 Å². The highest BCUT2D eigenvalue weighted by Gasteiger charge is 2.33. The van der Waals surface area contributed by atoms with Crippen molar-refractivity contribution in [1.29, 1.82) is 0 Å². The molecule has 0 saturated carbocycles. The molecule has 8 heteroatoms.